The van der Waals surface area contributed by atoms with Gasteiger partial charge in [-0.3, -0.25) is 4.79 Å². The number of likely N-dealkylation sites (N-methyl/N-ethyl adjacent to an activating group) is 1. The minimum Gasteiger partial charge on any atom is -0.336 e. The molecule has 162 valence electrons. The first kappa shape index (κ1) is 21.0. The van der Waals surface area contributed by atoms with Gasteiger partial charge in [0, 0.05) is 49.7 Å². The predicted octanol–water partition coefficient (Wildman–Crippen LogP) is 3.36. The second-order valence-corrected chi connectivity index (χ2v) is 8.22. The number of aromatic nitrogens is 4. The van der Waals surface area contributed by atoms with Crippen molar-refractivity contribution in [2.24, 2.45) is 0 Å². The molecule has 0 spiro atoms. The number of anilines is 2. The zero-order valence-corrected chi connectivity index (χ0v) is 18.5. The SMILES string of the molecule is Cc1ncc(-c2ccnc(Nc3ccc(C(=O)N4CCN(C)CC4)cc3)n2)n1C(C)C. The van der Waals surface area contributed by atoms with Gasteiger partial charge in [-0.2, -0.15) is 0 Å². The number of carbonyl (C=O) groups is 1. The summed E-state index contributed by atoms with van der Waals surface area (Å²) in [5, 5.41) is 3.24. The van der Waals surface area contributed by atoms with Crippen LogP contribution in [0.25, 0.3) is 11.4 Å². The Labute approximate surface area is 182 Å². The Kier molecular flexibility index (Phi) is 5.99. The maximum absolute atomic E-state index is 12.7. The summed E-state index contributed by atoms with van der Waals surface area (Å²) in [7, 11) is 2.08. The van der Waals surface area contributed by atoms with Gasteiger partial charge in [0.1, 0.15) is 5.82 Å². The van der Waals surface area contributed by atoms with E-state index in [0.717, 1.165) is 49.1 Å². The van der Waals surface area contributed by atoms with Gasteiger partial charge in [-0.25, -0.2) is 15.0 Å². The molecule has 0 radical (unpaired) electrons. The van der Waals surface area contributed by atoms with Crippen molar-refractivity contribution in [1.82, 2.24) is 29.3 Å². The van der Waals surface area contributed by atoms with Gasteiger partial charge in [0.2, 0.25) is 5.95 Å². The molecule has 1 amide bonds. The monoisotopic (exact) mass is 419 g/mol. The van der Waals surface area contributed by atoms with Gasteiger partial charge in [0.15, 0.2) is 0 Å². The smallest absolute Gasteiger partial charge is 0.253 e. The van der Waals surface area contributed by atoms with Crippen molar-refractivity contribution in [1.29, 1.82) is 0 Å². The number of amides is 1. The normalized spacial score (nSPS) is 14.8. The van der Waals surface area contributed by atoms with E-state index in [-0.39, 0.29) is 11.9 Å². The van der Waals surface area contributed by atoms with Crippen molar-refractivity contribution in [2.45, 2.75) is 26.8 Å². The van der Waals surface area contributed by atoms with Gasteiger partial charge in [-0.1, -0.05) is 0 Å². The zero-order valence-electron chi connectivity index (χ0n) is 18.5. The summed E-state index contributed by atoms with van der Waals surface area (Å²) in [6, 6.07) is 9.66. The third-order valence-electron chi connectivity index (χ3n) is 5.59. The predicted molar refractivity (Wildman–Crippen MR) is 122 cm³/mol. The summed E-state index contributed by atoms with van der Waals surface area (Å²) in [6.45, 7) is 9.61. The molecule has 0 unspecified atom stereocenters. The summed E-state index contributed by atoms with van der Waals surface area (Å²) < 4.78 is 2.16. The molecule has 1 aromatic carbocycles. The minimum absolute atomic E-state index is 0.0789. The molecule has 1 fully saturated rings. The van der Waals surface area contributed by atoms with Gasteiger partial charge in [-0.05, 0) is 58.2 Å². The number of imidazole rings is 1. The van der Waals surface area contributed by atoms with Crippen molar-refractivity contribution < 1.29 is 4.79 Å². The second-order valence-electron chi connectivity index (χ2n) is 8.22. The minimum atomic E-state index is 0.0789. The number of hydrogen-bond acceptors (Lipinski definition) is 6. The van der Waals surface area contributed by atoms with Crippen molar-refractivity contribution >= 4 is 17.5 Å². The van der Waals surface area contributed by atoms with Gasteiger partial charge < -0.3 is 19.7 Å². The Balaban J connectivity index is 1.48. The number of benzene rings is 1. The number of piperazine rings is 1. The van der Waals surface area contributed by atoms with Crippen molar-refractivity contribution in [2.75, 3.05) is 38.5 Å². The lowest BCUT2D eigenvalue weighted by molar-refractivity contribution is 0.0664. The molecular weight excluding hydrogens is 390 g/mol. The van der Waals surface area contributed by atoms with E-state index in [1.165, 1.54) is 0 Å². The first-order valence-corrected chi connectivity index (χ1v) is 10.6. The molecule has 3 aromatic rings. The molecule has 8 nitrogen and oxygen atoms in total. The number of aryl methyl sites for hydroxylation is 1. The van der Waals surface area contributed by atoms with E-state index in [1.807, 2.05) is 48.4 Å². The molecule has 0 bridgehead atoms. The third-order valence-corrected chi connectivity index (χ3v) is 5.59. The summed E-state index contributed by atoms with van der Waals surface area (Å²) in [5.74, 6) is 1.54. The summed E-state index contributed by atoms with van der Waals surface area (Å²) in [4.78, 5) is 30.3. The van der Waals surface area contributed by atoms with E-state index in [4.69, 9.17) is 0 Å². The lowest BCUT2D eigenvalue weighted by atomic mass is 10.1. The fourth-order valence-corrected chi connectivity index (χ4v) is 3.87. The number of carbonyl (C=O) groups excluding carboxylic acids is 1. The van der Waals surface area contributed by atoms with Crippen LogP contribution in [0, 0.1) is 6.92 Å². The molecule has 1 N–H and O–H groups in total. The van der Waals surface area contributed by atoms with Crippen molar-refractivity contribution in [3.8, 4) is 11.4 Å². The van der Waals surface area contributed by atoms with Gasteiger partial charge in [0.05, 0.1) is 17.6 Å². The Morgan fingerprint density at radius 1 is 1.03 bits per heavy atom. The highest BCUT2D eigenvalue weighted by atomic mass is 16.2. The number of rotatable bonds is 5. The van der Waals surface area contributed by atoms with E-state index < -0.39 is 0 Å². The molecule has 3 heterocycles. The molecule has 4 rings (SSSR count). The van der Waals surface area contributed by atoms with Crippen LogP contribution in [0.4, 0.5) is 11.6 Å². The fraction of sp³-hybridized carbons (Fsp3) is 0.391. The standard InChI is InChI=1S/C23H29N7O/c1-16(2)30-17(3)25-15-21(30)20-9-10-24-23(27-20)26-19-7-5-18(6-8-19)22(31)29-13-11-28(4)12-14-29/h5-10,15-16H,11-14H2,1-4H3,(H,24,26,27). The Hall–Kier alpha value is -3.26. The summed E-state index contributed by atoms with van der Waals surface area (Å²) in [6.07, 6.45) is 3.59. The van der Waals surface area contributed by atoms with Crippen LogP contribution in [-0.4, -0.2) is 68.5 Å². The molecule has 1 aliphatic heterocycles. The van der Waals surface area contributed by atoms with E-state index in [0.29, 0.717) is 11.5 Å². The lowest BCUT2D eigenvalue weighted by Crippen LogP contribution is -2.47. The van der Waals surface area contributed by atoms with E-state index >= 15 is 0 Å². The van der Waals surface area contributed by atoms with Crippen LogP contribution in [0.2, 0.25) is 0 Å². The van der Waals surface area contributed by atoms with Gasteiger partial charge in [-0.15, -0.1) is 0 Å². The zero-order chi connectivity index (χ0) is 22.0. The number of nitrogens with one attached hydrogen (secondary N) is 1. The molecule has 2 aromatic heterocycles. The topological polar surface area (TPSA) is 79.2 Å². The maximum Gasteiger partial charge on any atom is 0.253 e. The first-order chi connectivity index (χ1) is 14.9. The highest BCUT2D eigenvalue weighted by molar-refractivity contribution is 5.94. The van der Waals surface area contributed by atoms with Crippen LogP contribution in [0.3, 0.4) is 0 Å². The van der Waals surface area contributed by atoms with E-state index in [9.17, 15) is 4.79 Å². The van der Waals surface area contributed by atoms with Crippen LogP contribution in [-0.2, 0) is 0 Å². The lowest BCUT2D eigenvalue weighted by Gasteiger charge is -2.32. The average Bonchev–Trinajstić information content (AvgIpc) is 3.16. The number of nitrogens with zero attached hydrogens (tertiary/aromatic N) is 6. The summed E-state index contributed by atoms with van der Waals surface area (Å²) in [5.41, 5.74) is 3.31. The highest BCUT2D eigenvalue weighted by Crippen LogP contribution is 2.24. The average molecular weight is 420 g/mol. The molecule has 0 atom stereocenters. The number of hydrogen-bond donors (Lipinski definition) is 1. The molecule has 0 saturated carbocycles. The quantitative estimate of drug-likeness (QED) is 0.683. The fourth-order valence-electron chi connectivity index (χ4n) is 3.87. The van der Waals surface area contributed by atoms with Crippen LogP contribution < -0.4 is 5.32 Å². The van der Waals surface area contributed by atoms with Crippen LogP contribution >= 0.6 is 0 Å². The third kappa shape index (κ3) is 4.59. The van der Waals surface area contributed by atoms with Gasteiger partial charge >= 0.3 is 0 Å². The van der Waals surface area contributed by atoms with Gasteiger partial charge in [0.25, 0.3) is 5.91 Å². The van der Waals surface area contributed by atoms with Crippen LogP contribution in [0.15, 0.2) is 42.7 Å². The molecule has 31 heavy (non-hydrogen) atoms. The van der Waals surface area contributed by atoms with E-state index in [1.54, 1.807) is 6.20 Å². The Morgan fingerprint density at radius 3 is 2.42 bits per heavy atom. The second kappa shape index (κ2) is 8.85. The highest BCUT2D eigenvalue weighted by Gasteiger charge is 2.20. The Bertz CT molecular complexity index is 1050. The van der Waals surface area contributed by atoms with Crippen molar-refractivity contribution in [3.05, 3.63) is 54.1 Å². The molecular formula is C23H29N7O. The molecule has 0 aliphatic carbocycles. The molecule has 8 heteroatoms. The Morgan fingerprint density at radius 2 is 1.74 bits per heavy atom. The van der Waals surface area contributed by atoms with E-state index in [2.05, 4.69) is 50.6 Å². The maximum atomic E-state index is 12.7. The molecule has 1 aliphatic rings. The first-order valence-electron chi connectivity index (χ1n) is 10.6. The summed E-state index contributed by atoms with van der Waals surface area (Å²) >= 11 is 0. The largest absolute Gasteiger partial charge is 0.336 e. The van der Waals surface area contributed by atoms with Crippen LogP contribution in [0.1, 0.15) is 36.1 Å². The van der Waals surface area contributed by atoms with Crippen molar-refractivity contribution in [3.63, 3.8) is 0 Å². The molecule has 1 saturated heterocycles. The van der Waals surface area contributed by atoms with Crippen LogP contribution in [0.5, 0.6) is 0 Å².